The van der Waals surface area contributed by atoms with Gasteiger partial charge in [0, 0.05) is 37.8 Å². The van der Waals surface area contributed by atoms with Crippen LogP contribution < -0.4 is 20.9 Å². The van der Waals surface area contributed by atoms with Crippen LogP contribution >= 0.6 is 0 Å². The summed E-state index contributed by atoms with van der Waals surface area (Å²) in [5.74, 6) is 0.332. The Balaban J connectivity index is 1.28. The number of ether oxygens (including phenoxy) is 2. The van der Waals surface area contributed by atoms with Crippen molar-refractivity contribution in [3.05, 3.63) is 117 Å². The second-order valence-electron chi connectivity index (χ2n) is 11.1. The predicted octanol–water partition coefficient (Wildman–Crippen LogP) is 4.73. The van der Waals surface area contributed by atoms with Gasteiger partial charge in [-0.3, -0.25) is 14.2 Å². The molecule has 0 aliphatic carbocycles. The standard InChI is InChI=1S/C33H32FN5O5/c1-21(2)37-20-27(32(41)39(33(37)42)25-7-5-24(34)6-8-25)29(40)17-23-4-9-30(22(3)16-23)44-31-18-26(36-12-14-43-15-13-36)19-38-28(31)10-11-35-38/h4-11,16,18-21H,12-15,17H2,1-3H3. The number of hydrogen-bond acceptors (Lipinski definition) is 7. The Hall–Kier alpha value is -5.03. The number of carbonyl (C=O) groups excluding carboxylic acids is 1. The molecule has 0 atom stereocenters. The maximum atomic E-state index is 13.5. The molecule has 6 rings (SSSR count). The van der Waals surface area contributed by atoms with Crippen LogP contribution in [0.25, 0.3) is 11.2 Å². The topological polar surface area (TPSA) is 100 Å². The van der Waals surface area contributed by atoms with Gasteiger partial charge in [0.15, 0.2) is 11.5 Å². The third-order valence-electron chi connectivity index (χ3n) is 7.71. The van der Waals surface area contributed by atoms with E-state index in [-0.39, 0.29) is 23.7 Å². The number of rotatable bonds is 8. The van der Waals surface area contributed by atoms with E-state index in [1.807, 2.05) is 31.3 Å². The molecule has 0 N–H and O–H groups in total. The Morgan fingerprint density at radius 1 is 0.977 bits per heavy atom. The number of aromatic nitrogens is 4. The van der Waals surface area contributed by atoms with Crippen LogP contribution in [0.4, 0.5) is 10.1 Å². The molecule has 1 fully saturated rings. The van der Waals surface area contributed by atoms with E-state index < -0.39 is 22.8 Å². The summed E-state index contributed by atoms with van der Waals surface area (Å²) in [5, 5.41) is 4.41. The van der Waals surface area contributed by atoms with E-state index >= 15 is 0 Å². The number of ketones is 1. The number of halogens is 1. The zero-order chi connectivity index (χ0) is 31.0. The summed E-state index contributed by atoms with van der Waals surface area (Å²) >= 11 is 0. The second-order valence-corrected chi connectivity index (χ2v) is 11.1. The van der Waals surface area contributed by atoms with Gasteiger partial charge >= 0.3 is 5.69 Å². The number of hydrogen-bond donors (Lipinski definition) is 0. The minimum Gasteiger partial charge on any atom is -0.455 e. The van der Waals surface area contributed by atoms with Crippen LogP contribution in [0.5, 0.6) is 11.5 Å². The number of Topliss-reactive ketones (excluding diaryl/α,β-unsaturated/α-hetero) is 1. The van der Waals surface area contributed by atoms with E-state index in [2.05, 4.69) is 10.00 Å². The molecule has 11 heteroatoms. The Labute approximate surface area is 252 Å². The molecular formula is C33H32FN5O5. The van der Waals surface area contributed by atoms with Crippen LogP contribution in [0.3, 0.4) is 0 Å². The van der Waals surface area contributed by atoms with Crippen molar-refractivity contribution in [3.8, 4) is 17.2 Å². The van der Waals surface area contributed by atoms with Crippen molar-refractivity contribution in [2.45, 2.75) is 33.2 Å². The minimum atomic E-state index is -0.745. The number of fused-ring (bicyclic) bond motifs is 1. The summed E-state index contributed by atoms with van der Waals surface area (Å²) in [7, 11) is 0. The number of anilines is 1. The van der Waals surface area contributed by atoms with Gasteiger partial charge in [-0.15, -0.1) is 0 Å². The number of aryl methyl sites for hydroxylation is 1. The molecule has 0 radical (unpaired) electrons. The van der Waals surface area contributed by atoms with Gasteiger partial charge in [0.25, 0.3) is 5.56 Å². The molecule has 0 saturated carbocycles. The van der Waals surface area contributed by atoms with Gasteiger partial charge in [0.2, 0.25) is 0 Å². The highest BCUT2D eigenvalue weighted by molar-refractivity contribution is 5.97. The van der Waals surface area contributed by atoms with E-state index in [4.69, 9.17) is 9.47 Å². The van der Waals surface area contributed by atoms with Crippen LogP contribution in [-0.2, 0) is 11.2 Å². The summed E-state index contributed by atoms with van der Waals surface area (Å²) in [6.45, 7) is 8.33. The summed E-state index contributed by atoms with van der Waals surface area (Å²) in [6.07, 6.45) is 4.95. The van der Waals surface area contributed by atoms with Gasteiger partial charge in [-0.1, -0.05) is 12.1 Å². The quantitative estimate of drug-likeness (QED) is 0.239. The Morgan fingerprint density at radius 2 is 1.73 bits per heavy atom. The van der Waals surface area contributed by atoms with Crippen LogP contribution in [0.2, 0.25) is 0 Å². The van der Waals surface area contributed by atoms with E-state index in [1.165, 1.54) is 35.0 Å². The molecule has 0 spiro atoms. The second kappa shape index (κ2) is 11.9. The zero-order valence-electron chi connectivity index (χ0n) is 24.7. The van der Waals surface area contributed by atoms with Crippen molar-refractivity contribution < 1.29 is 18.7 Å². The van der Waals surface area contributed by atoms with Crippen molar-refractivity contribution in [1.82, 2.24) is 18.7 Å². The fourth-order valence-corrected chi connectivity index (χ4v) is 5.35. The van der Waals surface area contributed by atoms with Crippen molar-refractivity contribution in [2.24, 2.45) is 0 Å². The first-order valence-electron chi connectivity index (χ1n) is 14.4. The fraction of sp³-hybridized carbons (Fsp3) is 0.273. The first kappa shape index (κ1) is 29.1. The maximum absolute atomic E-state index is 13.5. The van der Waals surface area contributed by atoms with E-state index in [0.29, 0.717) is 30.3 Å². The Bertz CT molecular complexity index is 1970. The monoisotopic (exact) mass is 597 g/mol. The van der Waals surface area contributed by atoms with Gasteiger partial charge in [0.1, 0.15) is 22.6 Å². The molecule has 1 aliphatic rings. The van der Waals surface area contributed by atoms with Gasteiger partial charge in [0.05, 0.1) is 37.0 Å². The molecule has 0 bridgehead atoms. The average molecular weight is 598 g/mol. The Kier molecular flexibility index (Phi) is 7.88. The molecule has 4 heterocycles. The highest BCUT2D eigenvalue weighted by Crippen LogP contribution is 2.33. The lowest BCUT2D eigenvalue weighted by Gasteiger charge is -2.29. The average Bonchev–Trinajstić information content (AvgIpc) is 3.49. The molecule has 0 amide bonds. The first-order chi connectivity index (χ1) is 21.2. The third-order valence-corrected chi connectivity index (χ3v) is 7.71. The summed E-state index contributed by atoms with van der Waals surface area (Å²) in [6, 6.07) is 14.0. The molecule has 3 aromatic heterocycles. The number of carbonyl (C=O) groups is 1. The number of morpholine rings is 1. The molecule has 0 unspecified atom stereocenters. The molecule has 1 aliphatic heterocycles. The van der Waals surface area contributed by atoms with Crippen LogP contribution in [-0.4, -0.2) is 50.8 Å². The Morgan fingerprint density at radius 3 is 2.43 bits per heavy atom. The smallest absolute Gasteiger partial charge is 0.335 e. The van der Waals surface area contributed by atoms with Crippen LogP contribution in [0, 0.1) is 12.7 Å². The van der Waals surface area contributed by atoms with Crippen molar-refractivity contribution in [1.29, 1.82) is 0 Å². The molecule has 226 valence electrons. The summed E-state index contributed by atoms with van der Waals surface area (Å²) < 4.78 is 29.5. The lowest BCUT2D eigenvalue weighted by atomic mass is 10.0. The fourth-order valence-electron chi connectivity index (χ4n) is 5.35. The number of nitrogens with zero attached hydrogens (tertiary/aromatic N) is 5. The number of pyridine rings is 1. The molecule has 1 saturated heterocycles. The van der Waals surface area contributed by atoms with E-state index in [9.17, 15) is 18.8 Å². The zero-order valence-corrected chi connectivity index (χ0v) is 24.7. The van der Waals surface area contributed by atoms with Crippen molar-refractivity contribution in [3.63, 3.8) is 0 Å². The first-order valence-corrected chi connectivity index (χ1v) is 14.4. The molecule has 5 aromatic rings. The predicted molar refractivity (Wildman–Crippen MR) is 164 cm³/mol. The number of benzene rings is 2. The molecule has 44 heavy (non-hydrogen) atoms. The summed E-state index contributed by atoms with van der Waals surface area (Å²) in [4.78, 5) is 42.3. The van der Waals surface area contributed by atoms with Crippen LogP contribution in [0.1, 0.15) is 41.4 Å². The highest BCUT2D eigenvalue weighted by Gasteiger charge is 2.21. The van der Waals surface area contributed by atoms with Crippen molar-refractivity contribution >= 4 is 17.0 Å². The van der Waals surface area contributed by atoms with Crippen molar-refractivity contribution in [2.75, 3.05) is 31.2 Å². The SMILES string of the molecule is Cc1cc(CC(=O)c2cn(C(C)C)c(=O)n(-c3ccc(F)cc3)c2=O)ccc1Oc1cc(N2CCOCC2)cn2nccc12. The maximum Gasteiger partial charge on any atom is 0.335 e. The summed E-state index contributed by atoms with van der Waals surface area (Å²) in [5.41, 5.74) is 2.01. The van der Waals surface area contributed by atoms with Gasteiger partial charge in [-0.05, 0) is 68.3 Å². The van der Waals surface area contributed by atoms with Gasteiger partial charge in [-0.2, -0.15) is 5.10 Å². The third kappa shape index (κ3) is 5.66. The highest BCUT2D eigenvalue weighted by atomic mass is 19.1. The normalized spacial score (nSPS) is 13.5. The largest absolute Gasteiger partial charge is 0.455 e. The van der Waals surface area contributed by atoms with E-state index in [0.717, 1.165) is 34.4 Å². The van der Waals surface area contributed by atoms with E-state index in [1.54, 1.807) is 36.7 Å². The van der Waals surface area contributed by atoms with Gasteiger partial charge < -0.3 is 14.4 Å². The molecule has 10 nitrogen and oxygen atoms in total. The minimum absolute atomic E-state index is 0.0601. The van der Waals surface area contributed by atoms with Gasteiger partial charge in [-0.25, -0.2) is 18.3 Å². The van der Waals surface area contributed by atoms with Crippen LogP contribution in [0.15, 0.2) is 82.8 Å². The lowest BCUT2D eigenvalue weighted by molar-refractivity contribution is 0.0990. The molecule has 2 aromatic carbocycles. The molecular weight excluding hydrogens is 565 g/mol. The lowest BCUT2D eigenvalue weighted by Crippen LogP contribution is -2.42.